The van der Waals surface area contributed by atoms with E-state index in [-0.39, 0.29) is 23.8 Å². The Morgan fingerprint density at radius 2 is 1.97 bits per heavy atom. The summed E-state index contributed by atoms with van der Waals surface area (Å²) in [6.45, 7) is 2.30. The molecule has 0 radical (unpaired) electrons. The molecule has 4 rings (SSSR count). The van der Waals surface area contributed by atoms with Gasteiger partial charge < -0.3 is 14.6 Å². The van der Waals surface area contributed by atoms with Crippen LogP contribution in [-0.2, 0) is 11.4 Å². The monoisotopic (exact) mass is 611 g/mol. The molecule has 0 spiro atoms. The largest absolute Gasteiger partial charge is 0.493 e. The maximum Gasteiger partial charge on any atom is 0.335 e. The van der Waals surface area contributed by atoms with E-state index in [2.05, 4.69) is 20.9 Å². The number of nitrogens with zero attached hydrogens (tertiary/aromatic N) is 3. The van der Waals surface area contributed by atoms with Crippen LogP contribution >= 0.6 is 27.7 Å². The molecule has 1 saturated heterocycles. The quantitative estimate of drug-likeness (QED) is 0.170. The Morgan fingerprint density at radius 3 is 2.67 bits per heavy atom. The Balaban J connectivity index is 1.59. The van der Waals surface area contributed by atoms with E-state index in [4.69, 9.17) is 9.47 Å². The van der Waals surface area contributed by atoms with Crippen LogP contribution < -0.4 is 9.47 Å². The molecule has 0 aromatic heterocycles. The summed E-state index contributed by atoms with van der Waals surface area (Å²) in [5.74, 6) is -0.468. The second-order valence-corrected chi connectivity index (χ2v) is 10.0. The fourth-order valence-corrected chi connectivity index (χ4v) is 5.36. The van der Waals surface area contributed by atoms with E-state index in [1.165, 1.54) is 48.0 Å². The van der Waals surface area contributed by atoms with Gasteiger partial charge in [0.05, 0.1) is 32.7 Å². The van der Waals surface area contributed by atoms with Gasteiger partial charge in [-0.2, -0.15) is 0 Å². The number of hydrogen-bond donors (Lipinski definition) is 1. The van der Waals surface area contributed by atoms with Crippen molar-refractivity contribution in [3.8, 4) is 11.5 Å². The number of aromatic carboxylic acids is 1. The summed E-state index contributed by atoms with van der Waals surface area (Å²) in [4.78, 5) is 41.5. The minimum absolute atomic E-state index is 0.0264. The smallest absolute Gasteiger partial charge is 0.335 e. The predicted molar refractivity (Wildman–Crippen MR) is 152 cm³/mol. The van der Waals surface area contributed by atoms with Crippen molar-refractivity contribution in [2.75, 3.05) is 13.7 Å². The lowest BCUT2D eigenvalue weighted by molar-refractivity contribution is -0.384. The summed E-state index contributed by atoms with van der Waals surface area (Å²) in [7, 11) is 1.49. The number of hydrogen-bond acceptors (Lipinski definition) is 8. The van der Waals surface area contributed by atoms with Crippen molar-refractivity contribution >= 4 is 62.2 Å². The lowest BCUT2D eigenvalue weighted by atomic mass is 10.1. The van der Waals surface area contributed by atoms with Gasteiger partial charge in [-0.05, 0) is 82.2 Å². The Labute approximate surface area is 236 Å². The van der Waals surface area contributed by atoms with Crippen LogP contribution in [-0.4, -0.2) is 45.6 Å². The molecule has 3 aromatic rings. The molecule has 0 aliphatic carbocycles. The van der Waals surface area contributed by atoms with Crippen LogP contribution in [0.15, 0.2) is 75.0 Å². The number of non-ortho nitro benzene ring substituents is 1. The number of carboxylic acids is 1. The van der Waals surface area contributed by atoms with Gasteiger partial charge in [-0.1, -0.05) is 18.2 Å². The van der Waals surface area contributed by atoms with E-state index in [0.29, 0.717) is 49.4 Å². The third kappa shape index (κ3) is 6.47. The minimum Gasteiger partial charge on any atom is -0.493 e. The van der Waals surface area contributed by atoms with Crippen LogP contribution in [0.25, 0.3) is 6.08 Å². The van der Waals surface area contributed by atoms with Crippen molar-refractivity contribution in [1.29, 1.82) is 0 Å². The fourth-order valence-electron chi connectivity index (χ4n) is 3.72. The van der Waals surface area contributed by atoms with Gasteiger partial charge in [0.15, 0.2) is 16.7 Å². The van der Waals surface area contributed by atoms with E-state index in [1.54, 1.807) is 42.5 Å². The van der Waals surface area contributed by atoms with Crippen LogP contribution in [0.4, 0.5) is 11.4 Å². The zero-order valence-electron chi connectivity index (χ0n) is 20.8. The lowest BCUT2D eigenvalue weighted by Gasteiger charge is -2.14. The standard InChI is InChI=1S/C27H22BrN3O7S/c1-3-30-25(32)23(39-27(30)29-19-8-5-7-18(14-19)26(33)34)13-17-11-21(28)24(22(12-17)37-2)38-15-16-6-4-9-20(10-16)31(35)36/h4-14H,3,15H2,1-2H3,(H,33,34). The third-order valence-corrected chi connectivity index (χ3v) is 7.17. The number of amides is 1. The topological polar surface area (TPSA) is 132 Å². The molecule has 1 N–H and O–H groups in total. The van der Waals surface area contributed by atoms with E-state index < -0.39 is 10.9 Å². The molecule has 1 fully saturated rings. The molecule has 1 aliphatic heterocycles. The minimum atomic E-state index is -1.06. The molecule has 0 saturated carbocycles. The second kappa shape index (κ2) is 12.1. The van der Waals surface area contributed by atoms with Crippen molar-refractivity contribution in [3.63, 3.8) is 0 Å². The molecule has 0 atom stereocenters. The average molecular weight is 612 g/mol. The lowest BCUT2D eigenvalue weighted by Crippen LogP contribution is -2.28. The molecule has 1 amide bonds. The maximum absolute atomic E-state index is 13.1. The second-order valence-electron chi connectivity index (χ2n) is 8.16. The van der Waals surface area contributed by atoms with Crippen molar-refractivity contribution in [3.05, 3.63) is 96.8 Å². The zero-order chi connectivity index (χ0) is 28.1. The van der Waals surface area contributed by atoms with Gasteiger partial charge in [-0.15, -0.1) is 0 Å². The summed E-state index contributed by atoms with van der Waals surface area (Å²) in [5.41, 5.74) is 1.80. The molecule has 3 aromatic carbocycles. The fraction of sp³-hybridized carbons (Fsp3) is 0.148. The molecular formula is C27H22BrN3O7S. The van der Waals surface area contributed by atoms with Gasteiger partial charge in [0.2, 0.25) is 0 Å². The van der Waals surface area contributed by atoms with E-state index in [9.17, 15) is 24.8 Å². The molecule has 200 valence electrons. The first kappa shape index (κ1) is 27.9. The summed E-state index contributed by atoms with van der Waals surface area (Å²) in [5, 5.41) is 20.7. The van der Waals surface area contributed by atoms with Crippen molar-refractivity contribution in [2.24, 2.45) is 4.99 Å². The van der Waals surface area contributed by atoms with Crippen LogP contribution in [0.3, 0.4) is 0 Å². The molecule has 39 heavy (non-hydrogen) atoms. The summed E-state index contributed by atoms with van der Waals surface area (Å²) < 4.78 is 12.0. The highest BCUT2D eigenvalue weighted by Gasteiger charge is 2.32. The van der Waals surface area contributed by atoms with E-state index >= 15 is 0 Å². The van der Waals surface area contributed by atoms with Gasteiger partial charge in [-0.25, -0.2) is 9.79 Å². The Bertz CT molecular complexity index is 1520. The average Bonchev–Trinajstić information content (AvgIpc) is 3.21. The highest BCUT2D eigenvalue weighted by Crippen LogP contribution is 2.40. The SMILES string of the molecule is CCN1C(=O)C(=Cc2cc(Br)c(OCc3cccc([N+](=O)[O-])c3)c(OC)c2)SC1=Nc1cccc(C(=O)O)c1. The summed E-state index contributed by atoms with van der Waals surface area (Å²) in [6, 6.07) is 15.9. The van der Waals surface area contributed by atoms with Crippen molar-refractivity contribution in [1.82, 2.24) is 4.90 Å². The van der Waals surface area contributed by atoms with Crippen molar-refractivity contribution < 1.29 is 29.1 Å². The van der Waals surface area contributed by atoms with Crippen LogP contribution in [0, 0.1) is 10.1 Å². The number of amidine groups is 1. The van der Waals surface area contributed by atoms with Gasteiger partial charge in [0.25, 0.3) is 11.6 Å². The molecule has 0 bridgehead atoms. The van der Waals surface area contributed by atoms with Gasteiger partial charge in [0, 0.05) is 18.7 Å². The Kier molecular flexibility index (Phi) is 8.67. The van der Waals surface area contributed by atoms with Crippen LogP contribution in [0.2, 0.25) is 0 Å². The molecule has 10 nitrogen and oxygen atoms in total. The molecule has 1 aliphatic rings. The third-order valence-electron chi connectivity index (χ3n) is 5.58. The number of rotatable bonds is 9. The van der Waals surface area contributed by atoms with E-state index in [0.717, 1.165) is 0 Å². The number of nitro groups is 1. The highest BCUT2D eigenvalue weighted by atomic mass is 79.9. The number of aliphatic imine (C=N–C) groups is 1. The van der Waals surface area contributed by atoms with Gasteiger partial charge in [-0.3, -0.25) is 19.8 Å². The number of likely N-dealkylation sites (N-methyl/N-ethyl adjacent to an activating group) is 1. The first-order valence-electron chi connectivity index (χ1n) is 11.6. The van der Waals surface area contributed by atoms with E-state index in [1.807, 2.05) is 6.92 Å². The number of ether oxygens (including phenoxy) is 2. The number of nitro benzene ring substituents is 1. The Morgan fingerprint density at radius 1 is 1.21 bits per heavy atom. The number of carbonyl (C=O) groups is 2. The maximum atomic E-state index is 13.1. The normalized spacial score (nSPS) is 15.2. The van der Waals surface area contributed by atoms with Crippen LogP contribution in [0.5, 0.6) is 11.5 Å². The first-order chi connectivity index (χ1) is 18.7. The Hall–Kier alpha value is -4.16. The number of halogens is 1. The molecule has 0 unspecified atom stereocenters. The summed E-state index contributed by atoms with van der Waals surface area (Å²) in [6.07, 6.45) is 1.71. The van der Waals surface area contributed by atoms with Crippen molar-refractivity contribution in [2.45, 2.75) is 13.5 Å². The number of benzene rings is 3. The number of methoxy groups -OCH3 is 1. The van der Waals surface area contributed by atoms with Crippen LogP contribution in [0.1, 0.15) is 28.4 Å². The predicted octanol–water partition coefficient (Wildman–Crippen LogP) is 6.27. The highest BCUT2D eigenvalue weighted by molar-refractivity contribution is 9.10. The number of carboxylic acid groups (broad SMARTS) is 1. The number of thioether (sulfide) groups is 1. The molecule has 1 heterocycles. The number of carbonyl (C=O) groups excluding carboxylic acids is 1. The summed E-state index contributed by atoms with van der Waals surface area (Å²) >= 11 is 4.69. The molecular weight excluding hydrogens is 590 g/mol. The van der Waals surface area contributed by atoms with Gasteiger partial charge in [0.1, 0.15) is 6.61 Å². The first-order valence-corrected chi connectivity index (χ1v) is 13.2. The molecule has 12 heteroatoms. The van der Waals surface area contributed by atoms with Gasteiger partial charge >= 0.3 is 5.97 Å². The zero-order valence-corrected chi connectivity index (χ0v) is 23.2.